The summed E-state index contributed by atoms with van der Waals surface area (Å²) in [6.45, 7) is 0.838. The minimum atomic E-state index is -3.21. The normalized spacial score (nSPS) is 32.6. The molecule has 0 radical (unpaired) electrons. The van der Waals surface area contributed by atoms with Crippen molar-refractivity contribution in [1.82, 2.24) is 9.62 Å². The maximum Gasteiger partial charge on any atom is 0.225 e. The van der Waals surface area contributed by atoms with Crippen molar-refractivity contribution in [2.24, 2.45) is 0 Å². The van der Waals surface area contributed by atoms with Crippen LogP contribution in [0.1, 0.15) is 38.5 Å². The fourth-order valence-electron chi connectivity index (χ4n) is 3.42. The van der Waals surface area contributed by atoms with Gasteiger partial charge in [-0.15, -0.1) is 0 Å². The molecule has 0 aromatic carbocycles. The second-order valence-electron chi connectivity index (χ2n) is 6.59. The van der Waals surface area contributed by atoms with Crippen LogP contribution in [-0.2, 0) is 19.6 Å². The lowest BCUT2D eigenvalue weighted by Crippen LogP contribution is -2.50. The highest BCUT2D eigenvalue weighted by Gasteiger charge is 2.46. The van der Waals surface area contributed by atoms with Crippen LogP contribution in [-0.4, -0.2) is 62.5 Å². The number of sulfonamides is 1. The van der Waals surface area contributed by atoms with Gasteiger partial charge in [0.1, 0.15) is 0 Å². The summed E-state index contributed by atoms with van der Waals surface area (Å²) in [4.78, 5) is 13.4. The van der Waals surface area contributed by atoms with Crippen molar-refractivity contribution in [2.45, 2.75) is 55.4 Å². The molecule has 3 fully saturated rings. The summed E-state index contributed by atoms with van der Waals surface area (Å²) in [6, 6.07) is -0.129. The van der Waals surface area contributed by atoms with Crippen LogP contribution in [0.2, 0.25) is 0 Å². The number of alkyl halides is 1. The number of amides is 1. The maximum absolute atomic E-state index is 12.3. The molecule has 2 atom stereocenters. The summed E-state index contributed by atoms with van der Waals surface area (Å²) in [5.41, 5.74) is -0.471. The van der Waals surface area contributed by atoms with Crippen LogP contribution >= 0.6 is 0 Å². The fourth-order valence-corrected chi connectivity index (χ4v) is 5.03. The van der Waals surface area contributed by atoms with E-state index in [1.54, 1.807) is 4.90 Å². The number of carbonyl (C=O) groups excluding carboxylic acids is 1. The van der Waals surface area contributed by atoms with E-state index in [4.69, 9.17) is 4.74 Å². The van der Waals surface area contributed by atoms with Crippen molar-refractivity contribution in [2.75, 3.05) is 26.4 Å². The summed E-state index contributed by atoms with van der Waals surface area (Å²) < 4.78 is 45.1. The second-order valence-corrected chi connectivity index (χ2v) is 8.58. The Morgan fingerprint density at radius 3 is 2.82 bits per heavy atom. The van der Waals surface area contributed by atoms with Gasteiger partial charge >= 0.3 is 0 Å². The Balaban J connectivity index is 1.59. The number of ether oxygens (including phenoxy) is 1. The first-order valence-corrected chi connectivity index (χ1v) is 9.48. The van der Waals surface area contributed by atoms with E-state index >= 15 is 0 Å². The van der Waals surface area contributed by atoms with Gasteiger partial charge in [0.15, 0.2) is 0 Å². The molecule has 3 aliphatic rings. The van der Waals surface area contributed by atoms with Gasteiger partial charge in [-0.1, -0.05) is 0 Å². The van der Waals surface area contributed by atoms with E-state index in [2.05, 4.69) is 4.72 Å². The van der Waals surface area contributed by atoms with Gasteiger partial charge in [-0.2, -0.15) is 0 Å². The van der Waals surface area contributed by atoms with E-state index in [-0.39, 0.29) is 23.6 Å². The molecule has 0 aromatic rings. The van der Waals surface area contributed by atoms with Crippen molar-refractivity contribution in [3.63, 3.8) is 0 Å². The van der Waals surface area contributed by atoms with Gasteiger partial charge in [0.2, 0.25) is 15.9 Å². The molecule has 2 aliphatic heterocycles. The number of nitrogens with zero attached hydrogens (tertiary/aromatic N) is 1. The average molecular weight is 334 g/mol. The molecule has 2 heterocycles. The molecule has 1 aliphatic carbocycles. The summed E-state index contributed by atoms with van der Waals surface area (Å²) in [5, 5.41) is -0.225. The molecule has 8 heteroatoms. The number of hydrogen-bond donors (Lipinski definition) is 1. The smallest absolute Gasteiger partial charge is 0.225 e. The number of nitrogens with one attached hydrogen (secondary N) is 1. The largest absolute Gasteiger partial charge is 0.373 e. The van der Waals surface area contributed by atoms with Crippen LogP contribution in [0.4, 0.5) is 4.39 Å². The molecular weight excluding hydrogens is 311 g/mol. The highest BCUT2D eigenvalue weighted by molar-refractivity contribution is 7.90. The zero-order chi connectivity index (χ0) is 15.8. The Kier molecular flexibility index (Phi) is 4.44. The predicted molar refractivity (Wildman–Crippen MR) is 78.6 cm³/mol. The molecule has 126 valence electrons. The standard InChI is InChI=1S/C14H23FN2O4S/c15-6-3-13(18)17-7-5-14(10-17)9-11(4-8-21-14)16-22(19,20)12-1-2-12/h11-12,16H,1-10H2/t11-,14-/m1/s1. The summed E-state index contributed by atoms with van der Waals surface area (Å²) in [7, 11) is -3.21. The third kappa shape index (κ3) is 3.44. The third-order valence-corrected chi connectivity index (χ3v) is 6.78. The van der Waals surface area contributed by atoms with E-state index in [1.165, 1.54) is 0 Å². The van der Waals surface area contributed by atoms with E-state index in [0.717, 1.165) is 12.8 Å². The van der Waals surface area contributed by atoms with Crippen molar-refractivity contribution < 1.29 is 22.3 Å². The molecule has 22 heavy (non-hydrogen) atoms. The van der Waals surface area contributed by atoms with Gasteiger partial charge in [0.25, 0.3) is 0 Å². The van der Waals surface area contributed by atoms with Crippen molar-refractivity contribution in [3.05, 3.63) is 0 Å². The molecule has 2 saturated heterocycles. The molecule has 6 nitrogen and oxygen atoms in total. The minimum Gasteiger partial charge on any atom is -0.373 e. The molecule has 0 unspecified atom stereocenters. The Labute approximate surface area is 130 Å². The molecule has 1 N–H and O–H groups in total. The lowest BCUT2D eigenvalue weighted by Gasteiger charge is -2.38. The number of carbonyl (C=O) groups is 1. The SMILES string of the molecule is O=C(CCF)N1CC[C@@]2(C[C@H](NS(=O)(=O)C3CC3)CCO2)C1. The Hall–Kier alpha value is -0.730. The van der Waals surface area contributed by atoms with Gasteiger partial charge in [-0.3, -0.25) is 9.18 Å². The molecule has 3 rings (SSSR count). The minimum absolute atomic E-state index is 0.0895. The van der Waals surface area contributed by atoms with Crippen LogP contribution in [0.25, 0.3) is 0 Å². The first-order chi connectivity index (χ1) is 10.4. The predicted octanol–water partition coefficient (Wildman–Crippen LogP) is 0.578. The zero-order valence-electron chi connectivity index (χ0n) is 12.6. The van der Waals surface area contributed by atoms with Gasteiger partial charge in [-0.05, 0) is 32.1 Å². The van der Waals surface area contributed by atoms with Gasteiger partial charge in [-0.25, -0.2) is 13.1 Å². The first-order valence-electron chi connectivity index (χ1n) is 7.93. The van der Waals surface area contributed by atoms with Crippen LogP contribution in [0.15, 0.2) is 0 Å². The second kappa shape index (κ2) is 6.05. The first kappa shape index (κ1) is 16.1. The maximum atomic E-state index is 12.3. The van der Waals surface area contributed by atoms with Crippen molar-refractivity contribution in [1.29, 1.82) is 0 Å². The lowest BCUT2D eigenvalue weighted by molar-refractivity contribution is -0.133. The van der Waals surface area contributed by atoms with E-state index in [1.807, 2.05) is 0 Å². The van der Waals surface area contributed by atoms with E-state index in [0.29, 0.717) is 39.0 Å². The highest BCUT2D eigenvalue weighted by atomic mass is 32.2. The number of halogens is 1. The lowest BCUT2D eigenvalue weighted by atomic mass is 9.90. The van der Waals surface area contributed by atoms with E-state index < -0.39 is 22.3 Å². The van der Waals surface area contributed by atoms with Crippen LogP contribution < -0.4 is 4.72 Å². The molecule has 1 spiro atoms. The molecular formula is C14H23FN2O4S. The van der Waals surface area contributed by atoms with Crippen LogP contribution in [0.3, 0.4) is 0 Å². The van der Waals surface area contributed by atoms with E-state index in [9.17, 15) is 17.6 Å². The molecule has 1 amide bonds. The average Bonchev–Trinajstić information content (AvgIpc) is 3.24. The summed E-state index contributed by atoms with van der Waals surface area (Å²) >= 11 is 0. The summed E-state index contributed by atoms with van der Waals surface area (Å²) in [6.07, 6.45) is 3.33. The Bertz CT molecular complexity index is 537. The van der Waals surface area contributed by atoms with Gasteiger partial charge in [0, 0.05) is 25.7 Å². The van der Waals surface area contributed by atoms with Crippen molar-refractivity contribution >= 4 is 15.9 Å². The topological polar surface area (TPSA) is 75.7 Å². The van der Waals surface area contributed by atoms with Gasteiger partial charge in [0.05, 0.1) is 23.9 Å². The highest BCUT2D eigenvalue weighted by Crippen LogP contribution is 2.36. The van der Waals surface area contributed by atoms with Crippen LogP contribution in [0.5, 0.6) is 0 Å². The van der Waals surface area contributed by atoms with Crippen LogP contribution in [0, 0.1) is 0 Å². The molecule has 0 bridgehead atoms. The fraction of sp³-hybridized carbons (Fsp3) is 0.929. The number of hydrogen-bond acceptors (Lipinski definition) is 4. The zero-order valence-corrected chi connectivity index (χ0v) is 13.4. The molecule has 1 saturated carbocycles. The number of rotatable bonds is 5. The monoisotopic (exact) mass is 334 g/mol. The Morgan fingerprint density at radius 1 is 1.36 bits per heavy atom. The quantitative estimate of drug-likeness (QED) is 0.798. The third-order valence-electron chi connectivity index (χ3n) is 4.76. The Morgan fingerprint density at radius 2 is 2.14 bits per heavy atom. The number of likely N-dealkylation sites (tertiary alicyclic amines) is 1. The summed E-state index contributed by atoms with van der Waals surface area (Å²) in [5.74, 6) is -0.191. The molecule has 0 aromatic heterocycles. The van der Waals surface area contributed by atoms with Crippen molar-refractivity contribution in [3.8, 4) is 0 Å². The van der Waals surface area contributed by atoms with Gasteiger partial charge < -0.3 is 9.64 Å².